The molecule has 0 atom stereocenters. The fourth-order valence-corrected chi connectivity index (χ4v) is 3.33. The Balaban J connectivity index is 1.55. The Hall–Kier alpha value is -2.77. The zero-order chi connectivity index (χ0) is 20.3. The van der Waals surface area contributed by atoms with Crippen molar-refractivity contribution in [2.24, 2.45) is 0 Å². The predicted octanol–water partition coefficient (Wildman–Crippen LogP) is 3.07. The second-order valence-electron chi connectivity index (χ2n) is 6.28. The average Bonchev–Trinajstić information content (AvgIpc) is 3.10. The van der Waals surface area contributed by atoms with Crippen molar-refractivity contribution in [2.45, 2.75) is 12.8 Å². The lowest BCUT2D eigenvalue weighted by atomic mass is 10.2. The Bertz CT molecular complexity index is 908. The lowest BCUT2D eigenvalue weighted by Crippen LogP contribution is -2.33. The van der Waals surface area contributed by atoms with Gasteiger partial charge in [-0.05, 0) is 42.8 Å². The molecule has 1 saturated heterocycles. The molecule has 0 saturated carbocycles. The molecule has 7 nitrogen and oxygen atoms in total. The van der Waals surface area contributed by atoms with E-state index in [1.807, 2.05) is 0 Å². The van der Waals surface area contributed by atoms with Gasteiger partial charge < -0.3 is 21.3 Å². The van der Waals surface area contributed by atoms with Crippen LogP contribution in [0.15, 0.2) is 36.4 Å². The van der Waals surface area contributed by atoms with Gasteiger partial charge in [-0.15, -0.1) is 0 Å². The Labute approximate surface area is 171 Å². The summed E-state index contributed by atoms with van der Waals surface area (Å²) in [6.45, 7) is 0.453. The number of nitrogen functional groups attached to an aromatic ring is 1. The number of carbonyl (C=O) groups is 3. The molecule has 2 aromatic rings. The van der Waals surface area contributed by atoms with Crippen LogP contribution in [0.25, 0.3) is 0 Å². The van der Waals surface area contributed by atoms with E-state index >= 15 is 0 Å². The van der Waals surface area contributed by atoms with Gasteiger partial charge in [-0.2, -0.15) is 0 Å². The summed E-state index contributed by atoms with van der Waals surface area (Å²) < 4.78 is 0. The van der Waals surface area contributed by atoms with E-state index in [0.717, 1.165) is 12.1 Å². The van der Waals surface area contributed by atoms with Crippen LogP contribution >= 0.6 is 23.2 Å². The van der Waals surface area contributed by atoms with E-state index in [0.29, 0.717) is 24.2 Å². The molecule has 28 heavy (non-hydrogen) atoms. The summed E-state index contributed by atoms with van der Waals surface area (Å²) in [4.78, 5) is 37.7. The van der Waals surface area contributed by atoms with Gasteiger partial charge in [-0.25, -0.2) is 0 Å². The Morgan fingerprint density at radius 2 is 1.75 bits per heavy atom. The van der Waals surface area contributed by atoms with E-state index in [1.165, 1.54) is 12.1 Å². The van der Waals surface area contributed by atoms with E-state index in [1.54, 1.807) is 29.2 Å². The number of nitrogens with two attached hydrogens (primary N) is 1. The second kappa shape index (κ2) is 8.50. The van der Waals surface area contributed by atoms with Gasteiger partial charge >= 0.3 is 0 Å². The Morgan fingerprint density at radius 1 is 1.11 bits per heavy atom. The Morgan fingerprint density at radius 3 is 2.32 bits per heavy atom. The number of carbonyl (C=O) groups excluding carboxylic acids is 3. The number of nitrogens with zero attached hydrogens (tertiary/aromatic N) is 1. The third kappa shape index (κ3) is 4.55. The maximum absolute atomic E-state index is 12.2. The number of rotatable bonds is 5. The summed E-state index contributed by atoms with van der Waals surface area (Å²) in [6, 6.07) is 9.62. The van der Waals surface area contributed by atoms with E-state index in [2.05, 4.69) is 10.6 Å². The Kier molecular flexibility index (Phi) is 6.06. The quantitative estimate of drug-likeness (QED) is 0.646. The first-order valence-electron chi connectivity index (χ1n) is 8.58. The van der Waals surface area contributed by atoms with E-state index < -0.39 is 11.8 Å². The van der Waals surface area contributed by atoms with Gasteiger partial charge in [0.25, 0.3) is 5.91 Å². The van der Waals surface area contributed by atoms with Crippen LogP contribution in [0.3, 0.4) is 0 Å². The number of nitrogens with one attached hydrogen (secondary N) is 2. The first kappa shape index (κ1) is 20.0. The van der Waals surface area contributed by atoms with Gasteiger partial charge in [0.1, 0.15) is 0 Å². The minimum absolute atomic E-state index is 0.0803. The van der Waals surface area contributed by atoms with Crippen LogP contribution in [0.4, 0.5) is 17.1 Å². The summed E-state index contributed by atoms with van der Waals surface area (Å²) in [6.07, 6.45) is 1.38. The highest BCUT2D eigenvalue weighted by atomic mass is 35.5. The molecular weight excluding hydrogens is 403 g/mol. The molecule has 9 heteroatoms. The molecule has 1 aliphatic rings. The number of anilines is 3. The van der Waals surface area contributed by atoms with Gasteiger partial charge in [0, 0.05) is 29.9 Å². The smallest absolute Gasteiger partial charge is 0.251 e. The van der Waals surface area contributed by atoms with Crippen molar-refractivity contribution >= 4 is 58.0 Å². The van der Waals surface area contributed by atoms with Crippen LogP contribution in [0.5, 0.6) is 0 Å². The largest absolute Gasteiger partial charge is 0.396 e. The molecule has 1 heterocycles. The van der Waals surface area contributed by atoms with Crippen LogP contribution in [0.2, 0.25) is 10.0 Å². The molecule has 0 aliphatic carbocycles. The summed E-state index contributed by atoms with van der Waals surface area (Å²) in [5.74, 6) is -0.760. The standard InChI is InChI=1S/C19H18Cl2N4O3/c20-14-8-12(9-15(21)18(14)22)24-16(26)10-23-19(28)11-3-5-13(6-4-11)25-7-1-2-17(25)27/h3-6,8-9H,1-2,7,10,22H2,(H,23,28)(H,24,26). The second-order valence-corrected chi connectivity index (χ2v) is 7.09. The molecule has 4 N–H and O–H groups in total. The first-order chi connectivity index (χ1) is 13.3. The molecule has 0 bridgehead atoms. The SMILES string of the molecule is Nc1c(Cl)cc(NC(=O)CNC(=O)c2ccc(N3CCCC3=O)cc2)cc1Cl. The maximum Gasteiger partial charge on any atom is 0.251 e. The van der Waals surface area contributed by atoms with Crippen molar-refractivity contribution in [1.29, 1.82) is 0 Å². The third-order valence-electron chi connectivity index (χ3n) is 4.29. The first-order valence-corrected chi connectivity index (χ1v) is 9.34. The van der Waals surface area contributed by atoms with Crippen LogP contribution in [0.1, 0.15) is 23.2 Å². The zero-order valence-electron chi connectivity index (χ0n) is 14.8. The van der Waals surface area contributed by atoms with E-state index in [9.17, 15) is 14.4 Å². The summed E-state index contributed by atoms with van der Waals surface area (Å²) in [7, 11) is 0. The topological polar surface area (TPSA) is 105 Å². The monoisotopic (exact) mass is 420 g/mol. The minimum atomic E-state index is -0.440. The normalized spacial score (nSPS) is 13.5. The van der Waals surface area contributed by atoms with Crippen LogP contribution in [-0.2, 0) is 9.59 Å². The molecule has 3 amide bonds. The van der Waals surface area contributed by atoms with Gasteiger partial charge in [0.15, 0.2) is 0 Å². The lowest BCUT2D eigenvalue weighted by molar-refractivity contribution is -0.117. The van der Waals surface area contributed by atoms with Crippen LogP contribution < -0.4 is 21.3 Å². The maximum atomic E-state index is 12.2. The third-order valence-corrected chi connectivity index (χ3v) is 4.91. The summed E-state index contributed by atoms with van der Waals surface area (Å²) >= 11 is 11.8. The molecule has 3 rings (SSSR count). The van der Waals surface area contributed by atoms with Crippen molar-refractivity contribution in [1.82, 2.24) is 5.32 Å². The molecule has 146 valence electrons. The summed E-state index contributed by atoms with van der Waals surface area (Å²) in [5.41, 5.74) is 7.40. The summed E-state index contributed by atoms with van der Waals surface area (Å²) in [5, 5.41) is 5.57. The fraction of sp³-hybridized carbons (Fsp3) is 0.211. The van der Waals surface area contributed by atoms with E-state index in [-0.39, 0.29) is 28.2 Å². The molecular formula is C19H18Cl2N4O3. The average molecular weight is 421 g/mol. The van der Waals surface area contributed by atoms with Gasteiger partial charge in [-0.1, -0.05) is 23.2 Å². The number of amides is 3. The molecule has 0 aromatic heterocycles. The van der Waals surface area contributed by atoms with Gasteiger partial charge in [0.05, 0.1) is 22.3 Å². The van der Waals surface area contributed by atoms with Crippen LogP contribution in [0, 0.1) is 0 Å². The highest BCUT2D eigenvalue weighted by molar-refractivity contribution is 6.39. The lowest BCUT2D eigenvalue weighted by Gasteiger charge is -2.15. The van der Waals surface area contributed by atoms with E-state index in [4.69, 9.17) is 28.9 Å². The number of hydrogen-bond donors (Lipinski definition) is 3. The highest BCUT2D eigenvalue weighted by Gasteiger charge is 2.21. The van der Waals surface area contributed by atoms with Gasteiger partial charge in [-0.3, -0.25) is 14.4 Å². The van der Waals surface area contributed by atoms with Crippen molar-refractivity contribution < 1.29 is 14.4 Å². The number of benzene rings is 2. The molecule has 0 unspecified atom stereocenters. The predicted molar refractivity (Wildman–Crippen MR) is 110 cm³/mol. The molecule has 1 aliphatic heterocycles. The van der Waals surface area contributed by atoms with Crippen molar-refractivity contribution in [3.8, 4) is 0 Å². The van der Waals surface area contributed by atoms with Crippen molar-refractivity contribution in [2.75, 3.05) is 29.0 Å². The molecule has 0 spiro atoms. The number of halogens is 2. The zero-order valence-corrected chi connectivity index (χ0v) is 16.3. The van der Waals surface area contributed by atoms with Crippen LogP contribution in [-0.4, -0.2) is 30.8 Å². The molecule has 0 radical (unpaired) electrons. The molecule has 2 aromatic carbocycles. The number of hydrogen-bond acceptors (Lipinski definition) is 4. The fourth-order valence-electron chi connectivity index (χ4n) is 2.84. The minimum Gasteiger partial charge on any atom is -0.396 e. The van der Waals surface area contributed by atoms with Crippen molar-refractivity contribution in [3.05, 3.63) is 52.0 Å². The van der Waals surface area contributed by atoms with Gasteiger partial charge in [0.2, 0.25) is 11.8 Å². The molecule has 1 fully saturated rings. The highest BCUT2D eigenvalue weighted by Crippen LogP contribution is 2.31. The van der Waals surface area contributed by atoms with Crippen molar-refractivity contribution in [3.63, 3.8) is 0 Å².